The van der Waals surface area contributed by atoms with Crippen molar-refractivity contribution in [2.24, 2.45) is 35.2 Å². The minimum atomic E-state index is -4.65. The topological polar surface area (TPSA) is 358 Å². The van der Waals surface area contributed by atoms with Crippen LogP contribution in [0, 0.1) is 20.8 Å². The van der Waals surface area contributed by atoms with Gasteiger partial charge in [0.1, 0.15) is 27.0 Å². The lowest BCUT2D eigenvalue weighted by molar-refractivity contribution is -0.191. The fraction of sp³-hybridized carbons (Fsp3) is 0.217. The highest BCUT2D eigenvalue weighted by Crippen LogP contribution is 2.39. The van der Waals surface area contributed by atoms with Crippen LogP contribution in [-0.4, -0.2) is 81.1 Å². The van der Waals surface area contributed by atoms with Gasteiger partial charge in [0.05, 0.1) is 103 Å². The number of hydrogen-bond donors (Lipinski definition) is 1. The van der Waals surface area contributed by atoms with Gasteiger partial charge in [-0.25, -0.2) is 25.3 Å². The maximum absolute atomic E-state index is 13.3. The average molecular weight is 2060 g/mol. The number of sulfonamides is 1. The molecule has 1 saturated heterocycles. The van der Waals surface area contributed by atoms with E-state index in [1.54, 1.807) is 141 Å². The molecule has 5 aromatic heterocycles. The summed E-state index contributed by atoms with van der Waals surface area (Å²) in [7, 11) is -10.8. The first-order chi connectivity index (χ1) is 62.9. The number of piperidine rings is 1. The zero-order valence-corrected chi connectivity index (χ0v) is 82.7. The molecule has 6 heterocycles. The summed E-state index contributed by atoms with van der Waals surface area (Å²) in [6, 6.07) is 56.4. The summed E-state index contributed by atoms with van der Waals surface area (Å²) >= 11 is 16.8. The number of carbonyl (C=O) groups excluding carboxylic acids is 2. The van der Waals surface area contributed by atoms with Crippen LogP contribution in [-0.2, 0) is 118 Å². The number of rotatable bonds is 18. The molecule has 0 aliphatic carbocycles. The second-order valence-electron chi connectivity index (χ2n) is 31.6. The molecule has 0 atom stereocenters. The fourth-order valence-corrected chi connectivity index (χ4v) is 24.3. The molecular formula is C92H84Cl2F3N7O20S10. The minimum Gasteiger partial charge on any atom is -0.457 e. The van der Waals surface area contributed by atoms with Crippen LogP contribution in [0.3, 0.4) is 0 Å². The Morgan fingerprint density at radius 2 is 0.813 bits per heavy atom. The van der Waals surface area contributed by atoms with E-state index in [0.717, 1.165) is 146 Å². The van der Waals surface area contributed by atoms with Crippen molar-refractivity contribution in [3.05, 3.63) is 315 Å². The fourth-order valence-electron chi connectivity index (χ4n) is 14.1. The van der Waals surface area contributed by atoms with E-state index in [2.05, 4.69) is 30.4 Å². The molecule has 1 aliphatic heterocycles. The van der Waals surface area contributed by atoms with Crippen molar-refractivity contribution in [1.82, 2.24) is 19.8 Å². The highest BCUT2D eigenvalue weighted by atomic mass is 35.5. The molecule has 702 valence electrons. The quantitative estimate of drug-likeness (QED) is 0.0780. The molecule has 0 saturated carbocycles. The van der Waals surface area contributed by atoms with E-state index in [4.69, 9.17) is 45.9 Å². The third kappa shape index (κ3) is 24.0. The van der Waals surface area contributed by atoms with Crippen LogP contribution in [0.4, 0.5) is 24.5 Å². The Bertz CT molecular complexity index is 8180. The van der Waals surface area contributed by atoms with Crippen LogP contribution in [0.25, 0.3) is 54.5 Å². The van der Waals surface area contributed by atoms with E-state index in [1.165, 1.54) is 79.2 Å². The van der Waals surface area contributed by atoms with Gasteiger partial charge < -0.3 is 18.0 Å². The predicted octanol–water partition coefficient (Wildman–Crippen LogP) is 19.0. The first-order valence-electron chi connectivity index (χ1n) is 40.2. The second kappa shape index (κ2) is 41.3. The highest BCUT2D eigenvalue weighted by Gasteiger charge is 2.33. The van der Waals surface area contributed by atoms with Crippen molar-refractivity contribution < 1.29 is 78.0 Å². The number of nitrogens with one attached hydrogen (secondary N) is 1. The van der Waals surface area contributed by atoms with Gasteiger partial charge >= 0.3 is 32.6 Å². The number of fused-ring (bicyclic) bond motifs is 5. The van der Waals surface area contributed by atoms with Crippen molar-refractivity contribution in [2.45, 2.75) is 108 Å². The van der Waals surface area contributed by atoms with Gasteiger partial charge in [-0.3, -0.25) is 48.5 Å². The maximum Gasteiger partial charge on any atom is 0.416 e. The van der Waals surface area contributed by atoms with Gasteiger partial charge in [-0.1, -0.05) is 110 Å². The molecule has 134 heavy (non-hydrogen) atoms. The van der Waals surface area contributed by atoms with Crippen LogP contribution < -0.4 is 46.4 Å². The Labute approximate surface area is 798 Å². The summed E-state index contributed by atoms with van der Waals surface area (Å²) in [4.78, 5) is 78.4. The number of aryl methyl sites for hydroxylation is 8. The Balaban J connectivity index is 0.000000151. The van der Waals surface area contributed by atoms with Gasteiger partial charge in [-0.05, 0) is 283 Å². The lowest BCUT2D eigenvalue weighted by atomic mass is 9.87. The van der Waals surface area contributed by atoms with Gasteiger partial charge in [-0.15, -0.1) is 0 Å². The van der Waals surface area contributed by atoms with Crippen LogP contribution in [0.1, 0.15) is 79.0 Å². The highest BCUT2D eigenvalue weighted by molar-refractivity contribution is 7.93. The second-order valence-corrected chi connectivity index (χ2v) is 46.7. The molecular weight excluding hydrogens is 1970 g/mol. The zero-order valence-electron chi connectivity index (χ0n) is 73.1. The third-order valence-electron chi connectivity index (χ3n) is 21.1. The zero-order chi connectivity index (χ0) is 97.6. The molecule has 17 rings (SSSR count). The van der Waals surface area contributed by atoms with Crippen molar-refractivity contribution in [2.75, 3.05) is 22.7 Å². The standard InChI is InChI=1S/C23H18F3NO4S2.C19H21N3O3S2.C18H19NO4S2.C17H17NO3S2.C14H9Cl2NO4S2.CO2/c1-14-5-3-4-6-20(14)31-21-10-7-16(23(24,25)26)11-15(21)13-33(29,30)17-8-9-19-18(12-17)22(28)32-27(19)2;1-21-17-10-9-14(13-15(17)19(23)26-21)27(24,25)20-16-7-3-4-8-18(16)22-11-5-2-6-12-22;1-18(2,3)12-5-7-13(8-6-12)23-25(21,22)14-9-10-16-15(11-14)17(20)24-19(16)4;1-11-4-5-12(2)13(8-11)10-23(20,21)14-6-7-16-15(9-14)17(19)22-18(16)3;1-17-12-4-3-9(7-10(12)14(18)22-17)23(19,20)21-13-5-2-8(15)6-11(13)16;2-1-3/h3-12H,13H2,1-2H3;3-4,7-10,13,20H,2,5-6,11-12H2,1H3;5-11H,1-4H3;4-9H,10H2,1-3H3;2-7H,1H3;. The van der Waals surface area contributed by atoms with Gasteiger partial charge in [0, 0.05) is 58.9 Å². The van der Waals surface area contributed by atoms with Crippen LogP contribution >= 0.6 is 80.9 Å². The Morgan fingerprint density at radius 3 is 1.27 bits per heavy atom. The summed E-state index contributed by atoms with van der Waals surface area (Å²) in [5.41, 5.74) is 8.34. The van der Waals surface area contributed by atoms with E-state index >= 15 is 0 Å². The predicted molar refractivity (Wildman–Crippen MR) is 521 cm³/mol. The van der Waals surface area contributed by atoms with Crippen molar-refractivity contribution in [1.29, 1.82) is 0 Å². The van der Waals surface area contributed by atoms with Gasteiger partial charge in [-0.2, -0.15) is 39.6 Å². The molecule has 0 spiro atoms. The molecule has 16 aromatic rings. The minimum absolute atomic E-state index is 0.00778. The third-order valence-corrected chi connectivity index (χ3v) is 33.1. The van der Waals surface area contributed by atoms with Crippen molar-refractivity contribution in [3.8, 4) is 23.0 Å². The van der Waals surface area contributed by atoms with E-state index < -0.39 is 67.4 Å². The number of hydrogen-bond acceptors (Lipinski definition) is 26. The number of anilines is 2. The number of aromatic nitrogens is 5. The van der Waals surface area contributed by atoms with Gasteiger partial charge in [0.2, 0.25) is 0 Å². The van der Waals surface area contributed by atoms with E-state index in [-0.39, 0.29) is 98.7 Å². The smallest absolute Gasteiger partial charge is 0.416 e. The molecule has 0 radical (unpaired) electrons. The molecule has 1 fully saturated rings. The normalized spacial score (nSPS) is 12.6. The summed E-state index contributed by atoms with van der Waals surface area (Å²) in [5, 5.41) is 2.26. The monoisotopic (exact) mass is 2050 g/mol. The largest absolute Gasteiger partial charge is 0.457 e. The molecule has 0 amide bonds. The van der Waals surface area contributed by atoms with Gasteiger partial charge in [0.25, 0.3) is 33.7 Å². The molecule has 0 bridgehead atoms. The Kier molecular flexibility index (Phi) is 31.2. The number of benzene rings is 11. The summed E-state index contributed by atoms with van der Waals surface area (Å²) in [6.07, 6.45) is -0.972. The van der Waals surface area contributed by atoms with Gasteiger partial charge in [0.15, 0.2) is 25.4 Å². The van der Waals surface area contributed by atoms with Crippen LogP contribution in [0.2, 0.25) is 10.0 Å². The number of sulfone groups is 2. The molecule has 1 N–H and O–H groups in total. The SMILES string of the molecule is Cc1ccc(C)c(CS(=O)(=O)c2ccc3c(c2)c(=O)sn3C)c1.Cc1ccccc1Oc1ccc(C(F)(F)F)cc1CS(=O)(=O)c1ccc2c(c1)c(=O)sn2C.Cn1sc(=O)c2cc(S(=O)(=O)Nc3ccccc3N3CCCCC3)ccc21.Cn1sc(=O)c2cc(S(=O)(=O)Oc3ccc(C(C)(C)C)cc3)ccc21.Cn1sc(=O)c2cc(S(=O)(=O)Oc3ccc(Cl)cc3Cl)ccc21.O=C=O. The van der Waals surface area contributed by atoms with E-state index in [9.17, 15) is 79.2 Å². The average Bonchev–Trinajstić information content (AvgIpc) is 1.54. The van der Waals surface area contributed by atoms with E-state index in [1.807, 2.05) is 62.4 Å². The summed E-state index contributed by atoms with van der Waals surface area (Å²) in [6.45, 7) is 13.7. The van der Waals surface area contributed by atoms with E-state index in [0.29, 0.717) is 54.6 Å². The lowest BCUT2D eigenvalue weighted by Gasteiger charge is -2.30. The molecule has 27 nitrogen and oxygen atoms in total. The molecule has 11 aromatic carbocycles. The Hall–Kier alpha value is -11.6. The first-order valence-corrected chi connectivity index (χ1v) is 52.5. The summed E-state index contributed by atoms with van der Waals surface area (Å²) < 4.78 is 194. The van der Waals surface area contributed by atoms with Crippen molar-refractivity contribution >= 4 is 203 Å². The lowest BCUT2D eigenvalue weighted by Crippen LogP contribution is -2.30. The number of nitrogens with zero attached hydrogens (tertiary/aromatic N) is 6. The number of para-hydroxylation sites is 3. The maximum atomic E-state index is 13.3. The number of alkyl halides is 3. The number of halogens is 5. The summed E-state index contributed by atoms with van der Waals surface area (Å²) in [5.74, 6) is -0.168. The Morgan fingerprint density at radius 1 is 0.410 bits per heavy atom. The van der Waals surface area contributed by atoms with Crippen LogP contribution in [0.5, 0.6) is 23.0 Å². The van der Waals surface area contributed by atoms with Crippen molar-refractivity contribution in [3.63, 3.8) is 0 Å². The van der Waals surface area contributed by atoms with Crippen LogP contribution in [0.15, 0.2) is 267 Å². The first kappa shape index (κ1) is 101. The molecule has 42 heteroatoms. The number of ether oxygens (including phenoxy) is 1. The molecule has 1 aliphatic rings. The molecule has 0 unspecified atom stereocenters.